The van der Waals surface area contributed by atoms with E-state index in [1.54, 1.807) is 6.07 Å². The van der Waals surface area contributed by atoms with Crippen LogP contribution in [0.1, 0.15) is 53.5 Å². The largest absolute Gasteiger partial charge is 0.478 e. The summed E-state index contributed by atoms with van der Waals surface area (Å²) in [7, 11) is 0. The average molecular weight is 293 g/mol. The second-order valence-corrected chi connectivity index (χ2v) is 7.86. The molecule has 118 valence electrons. The topological polar surface area (TPSA) is 69.6 Å². The highest BCUT2D eigenvalue weighted by Crippen LogP contribution is 2.30. The third kappa shape index (κ3) is 5.05. The van der Waals surface area contributed by atoms with Crippen molar-refractivity contribution in [3.63, 3.8) is 0 Å². The lowest BCUT2D eigenvalue weighted by atomic mass is 9.85. The Balaban J connectivity index is 3.08. The molecule has 1 aromatic rings. The van der Waals surface area contributed by atoms with Crippen molar-refractivity contribution in [2.45, 2.75) is 59.1 Å². The van der Waals surface area contributed by atoms with Gasteiger partial charge in [-0.2, -0.15) is 0 Å². The fourth-order valence-electron chi connectivity index (χ4n) is 2.24. The van der Waals surface area contributed by atoms with Crippen molar-refractivity contribution in [3.8, 4) is 0 Å². The molecule has 0 amide bonds. The molecule has 0 aromatic heterocycles. The predicted octanol–water partition coefficient (Wildman–Crippen LogP) is 3.61. The van der Waals surface area contributed by atoms with Gasteiger partial charge >= 0.3 is 5.97 Å². The normalized spacial score (nSPS) is 15.4. The van der Waals surface area contributed by atoms with Crippen molar-refractivity contribution in [2.75, 3.05) is 5.32 Å². The Morgan fingerprint density at radius 2 is 1.71 bits per heavy atom. The summed E-state index contributed by atoms with van der Waals surface area (Å²) in [6.07, 6.45) is 0.106. The molecule has 0 spiro atoms. The fourth-order valence-corrected chi connectivity index (χ4v) is 2.24. The van der Waals surface area contributed by atoms with Gasteiger partial charge in [-0.1, -0.05) is 53.7 Å². The van der Waals surface area contributed by atoms with Gasteiger partial charge in [0.15, 0.2) is 0 Å². The molecular formula is C17H27NO3. The van der Waals surface area contributed by atoms with Crippen LogP contribution < -0.4 is 5.32 Å². The lowest BCUT2D eigenvalue weighted by Crippen LogP contribution is -2.49. The molecule has 0 radical (unpaired) electrons. The standard InChI is InChI=1S/C17H27NO3/c1-15(2,3)11-17(21,14(19)20)18-13-9-7-8-12(10-13)16(4,5)6/h7-10,18,21H,11H2,1-6H3,(H,19,20)/t17-/m1/s1. The molecule has 0 bridgehead atoms. The highest BCUT2D eigenvalue weighted by Gasteiger charge is 2.40. The van der Waals surface area contributed by atoms with Crippen LogP contribution in [0.5, 0.6) is 0 Å². The maximum absolute atomic E-state index is 11.5. The third-order valence-electron chi connectivity index (χ3n) is 3.22. The Morgan fingerprint density at radius 1 is 1.14 bits per heavy atom. The SMILES string of the molecule is CC(C)(C)C[C@](O)(Nc1cccc(C(C)(C)C)c1)C(=O)O. The number of rotatable bonds is 4. The zero-order valence-corrected chi connectivity index (χ0v) is 13.8. The van der Waals surface area contributed by atoms with Crippen LogP contribution in [0.25, 0.3) is 0 Å². The van der Waals surface area contributed by atoms with E-state index in [0.29, 0.717) is 5.69 Å². The van der Waals surface area contributed by atoms with Crippen molar-refractivity contribution in [2.24, 2.45) is 5.41 Å². The van der Waals surface area contributed by atoms with Crippen molar-refractivity contribution in [3.05, 3.63) is 29.8 Å². The molecule has 4 nitrogen and oxygen atoms in total. The Labute approximate surface area is 127 Å². The molecule has 0 unspecified atom stereocenters. The van der Waals surface area contributed by atoms with E-state index < -0.39 is 11.7 Å². The van der Waals surface area contributed by atoms with E-state index in [4.69, 9.17) is 0 Å². The van der Waals surface area contributed by atoms with Gasteiger partial charge in [0.25, 0.3) is 0 Å². The number of carboxylic acids is 1. The van der Waals surface area contributed by atoms with Gasteiger partial charge in [0.2, 0.25) is 5.72 Å². The quantitative estimate of drug-likeness (QED) is 0.742. The Hall–Kier alpha value is -1.55. The number of carbonyl (C=O) groups is 1. The average Bonchev–Trinajstić information content (AvgIpc) is 2.25. The van der Waals surface area contributed by atoms with Gasteiger partial charge in [0.1, 0.15) is 0 Å². The van der Waals surface area contributed by atoms with Gasteiger partial charge in [0, 0.05) is 12.1 Å². The molecule has 0 heterocycles. The first-order valence-electron chi connectivity index (χ1n) is 7.18. The Morgan fingerprint density at radius 3 is 2.14 bits per heavy atom. The Kier molecular flexibility index (Phi) is 4.73. The van der Waals surface area contributed by atoms with E-state index >= 15 is 0 Å². The van der Waals surface area contributed by atoms with Crippen LogP contribution in [0.4, 0.5) is 5.69 Å². The molecule has 1 rings (SSSR count). The number of aliphatic hydroxyl groups is 1. The zero-order valence-electron chi connectivity index (χ0n) is 13.8. The van der Waals surface area contributed by atoms with Crippen LogP contribution in [0.2, 0.25) is 0 Å². The zero-order chi connectivity index (χ0) is 16.5. The first-order chi connectivity index (χ1) is 9.33. The van der Waals surface area contributed by atoms with E-state index in [0.717, 1.165) is 5.56 Å². The van der Waals surface area contributed by atoms with E-state index in [1.807, 2.05) is 39.0 Å². The molecule has 0 aliphatic heterocycles. The maximum Gasteiger partial charge on any atom is 0.357 e. The number of anilines is 1. The van der Waals surface area contributed by atoms with Crippen LogP contribution in [0.3, 0.4) is 0 Å². The molecule has 1 aromatic carbocycles. The molecule has 0 saturated heterocycles. The summed E-state index contributed by atoms with van der Waals surface area (Å²) in [4.78, 5) is 11.5. The molecule has 1 atom stereocenters. The molecule has 0 aliphatic rings. The van der Waals surface area contributed by atoms with Gasteiger partial charge in [-0.25, -0.2) is 4.79 Å². The van der Waals surface area contributed by atoms with Gasteiger partial charge < -0.3 is 15.5 Å². The molecule has 21 heavy (non-hydrogen) atoms. The number of nitrogens with one attached hydrogen (secondary N) is 1. The fraction of sp³-hybridized carbons (Fsp3) is 0.588. The Bertz CT molecular complexity index is 512. The first kappa shape index (κ1) is 17.5. The highest BCUT2D eigenvalue weighted by molar-refractivity contribution is 5.80. The van der Waals surface area contributed by atoms with Crippen molar-refractivity contribution in [1.29, 1.82) is 0 Å². The minimum Gasteiger partial charge on any atom is -0.478 e. The van der Waals surface area contributed by atoms with E-state index in [-0.39, 0.29) is 17.3 Å². The summed E-state index contributed by atoms with van der Waals surface area (Å²) in [5.74, 6) is -1.27. The monoisotopic (exact) mass is 293 g/mol. The molecule has 0 saturated carbocycles. The van der Waals surface area contributed by atoms with E-state index in [1.165, 1.54) is 0 Å². The maximum atomic E-state index is 11.5. The highest BCUT2D eigenvalue weighted by atomic mass is 16.4. The van der Waals surface area contributed by atoms with Gasteiger partial charge in [-0.05, 0) is 28.5 Å². The second-order valence-electron chi connectivity index (χ2n) is 7.86. The van der Waals surface area contributed by atoms with Crippen LogP contribution in [0, 0.1) is 5.41 Å². The smallest absolute Gasteiger partial charge is 0.357 e. The van der Waals surface area contributed by atoms with Gasteiger partial charge in [0.05, 0.1) is 0 Å². The van der Waals surface area contributed by atoms with E-state index in [9.17, 15) is 15.0 Å². The van der Waals surface area contributed by atoms with Crippen molar-refractivity contribution >= 4 is 11.7 Å². The summed E-state index contributed by atoms with van der Waals surface area (Å²) in [5, 5.41) is 22.6. The van der Waals surface area contributed by atoms with E-state index in [2.05, 4.69) is 26.1 Å². The van der Waals surface area contributed by atoms with Crippen LogP contribution in [-0.2, 0) is 10.2 Å². The summed E-state index contributed by atoms with van der Waals surface area (Å²) in [6, 6.07) is 7.51. The summed E-state index contributed by atoms with van der Waals surface area (Å²) in [5.41, 5.74) is -0.646. The van der Waals surface area contributed by atoms with Crippen molar-refractivity contribution < 1.29 is 15.0 Å². The van der Waals surface area contributed by atoms with Crippen LogP contribution >= 0.6 is 0 Å². The lowest BCUT2D eigenvalue weighted by molar-refractivity contribution is -0.158. The number of hydrogen-bond donors (Lipinski definition) is 3. The van der Waals surface area contributed by atoms with Crippen LogP contribution in [-0.4, -0.2) is 21.9 Å². The molecule has 0 fully saturated rings. The van der Waals surface area contributed by atoms with Crippen molar-refractivity contribution in [1.82, 2.24) is 0 Å². The van der Waals surface area contributed by atoms with Gasteiger partial charge in [-0.15, -0.1) is 0 Å². The second kappa shape index (κ2) is 5.68. The number of benzene rings is 1. The van der Waals surface area contributed by atoms with Crippen LogP contribution in [0.15, 0.2) is 24.3 Å². The predicted molar refractivity (Wildman–Crippen MR) is 85.4 cm³/mol. The minimum atomic E-state index is -1.98. The minimum absolute atomic E-state index is 0.0386. The summed E-state index contributed by atoms with van der Waals surface area (Å²) >= 11 is 0. The lowest BCUT2D eigenvalue weighted by Gasteiger charge is -2.32. The molecule has 3 N–H and O–H groups in total. The third-order valence-corrected chi connectivity index (χ3v) is 3.22. The molecular weight excluding hydrogens is 266 g/mol. The summed E-state index contributed by atoms with van der Waals surface area (Å²) < 4.78 is 0. The summed E-state index contributed by atoms with van der Waals surface area (Å²) in [6.45, 7) is 12.0. The number of carboxylic acid groups (broad SMARTS) is 1. The molecule has 0 aliphatic carbocycles. The van der Waals surface area contributed by atoms with Gasteiger partial charge in [-0.3, -0.25) is 0 Å². The molecule has 4 heteroatoms. The number of aliphatic carboxylic acids is 1. The first-order valence-corrected chi connectivity index (χ1v) is 7.18. The number of hydrogen-bond acceptors (Lipinski definition) is 3.